The summed E-state index contributed by atoms with van der Waals surface area (Å²) in [5.41, 5.74) is 5.66. The van der Waals surface area contributed by atoms with E-state index in [0.29, 0.717) is 25.3 Å². The van der Waals surface area contributed by atoms with Crippen molar-refractivity contribution in [2.24, 2.45) is 0 Å². The molecule has 4 aliphatic heterocycles. The van der Waals surface area contributed by atoms with Gasteiger partial charge in [0.15, 0.2) is 11.6 Å². The van der Waals surface area contributed by atoms with Gasteiger partial charge in [-0.2, -0.15) is 15.2 Å². The number of benzene rings is 2. The van der Waals surface area contributed by atoms with Crippen molar-refractivity contribution >= 4 is 54.7 Å². The number of halogens is 4. The third-order valence-electron chi connectivity index (χ3n) is 10.1. The van der Waals surface area contributed by atoms with E-state index in [9.17, 15) is 14.0 Å². The minimum atomic E-state index is -0.940. The molecule has 6 heterocycles. The van der Waals surface area contributed by atoms with Crippen LogP contribution in [0.2, 0.25) is 5.02 Å². The minimum Gasteiger partial charge on any atom is -0.489 e. The molecule has 0 bridgehead atoms. The number of methoxy groups -OCH3 is 1. The van der Waals surface area contributed by atoms with Crippen molar-refractivity contribution in [1.29, 1.82) is 5.26 Å². The smallest absolute Gasteiger partial charge is 0.319 e. The van der Waals surface area contributed by atoms with Crippen LogP contribution in [0.1, 0.15) is 37.7 Å². The molecule has 46 heavy (non-hydrogen) atoms. The molecule has 14 heteroatoms. The van der Waals surface area contributed by atoms with Crippen LogP contribution in [0.15, 0.2) is 12.1 Å². The Balaban J connectivity index is 1.35. The van der Waals surface area contributed by atoms with Crippen LogP contribution in [0.4, 0.5) is 24.0 Å². The Morgan fingerprint density at radius 2 is 2.09 bits per heavy atom. The van der Waals surface area contributed by atoms with Crippen LogP contribution in [-0.2, 0) is 4.74 Å². The van der Waals surface area contributed by atoms with Gasteiger partial charge in [0.1, 0.15) is 47.6 Å². The van der Waals surface area contributed by atoms with Crippen LogP contribution in [0.3, 0.4) is 0 Å². The van der Waals surface area contributed by atoms with Gasteiger partial charge in [-0.25, -0.2) is 13.2 Å². The van der Waals surface area contributed by atoms with E-state index in [1.54, 1.807) is 7.11 Å². The largest absolute Gasteiger partial charge is 0.489 e. The Labute approximate surface area is 271 Å². The summed E-state index contributed by atoms with van der Waals surface area (Å²) in [4.78, 5) is 13.6. The lowest BCUT2D eigenvalue weighted by Crippen LogP contribution is -2.48. The van der Waals surface area contributed by atoms with E-state index in [0.717, 1.165) is 43.6 Å². The van der Waals surface area contributed by atoms with E-state index in [-0.39, 0.29) is 84.8 Å². The average Bonchev–Trinajstić information content (AvgIpc) is 3.66. The molecule has 240 valence electrons. The SMILES string of the molecule is COC1CCC2COc3c(Cl)c(-c4ccc(F)c5sc(N)c(C#N)c45)c(F)c4nc(OCC56CCCN5C[C@H](F)C6)nc(c34)N2C1. The van der Waals surface area contributed by atoms with Crippen LogP contribution < -0.4 is 20.1 Å². The molecule has 3 unspecified atom stereocenters. The molecule has 2 aromatic heterocycles. The van der Waals surface area contributed by atoms with E-state index in [4.69, 9.17) is 36.5 Å². The summed E-state index contributed by atoms with van der Waals surface area (Å²) in [6.07, 6.45) is 2.59. The summed E-state index contributed by atoms with van der Waals surface area (Å²) in [6.45, 7) is 2.04. The van der Waals surface area contributed by atoms with Crippen LogP contribution in [-0.4, -0.2) is 78.7 Å². The van der Waals surface area contributed by atoms with E-state index in [1.165, 1.54) is 12.1 Å². The number of anilines is 2. The maximum Gasteiger partial charge on any atom is 0.319 e. The molecule has 3 fully saturated rings. The number of nitrogens with two attached hydrogens (primary N) is 1. The third-order valence-corrected chi connectivity index (χ3v) is 11.4. The summed E-state index contributed by atoms with van der Waals surface area (Å²) in [5.74, 6) is -0.791. The van der Waals surface area contributed by atoms with Gasteiger partial charge in [-0.1, -0.05) is 17.7 Å². The van der Waals surface area contributed by atoms with Gasteiger partial charge in [0.05, 0.1) is 38.4 Å². The molecule has 0 radical (unpaired) electrons. The molecule has 0 spiro atoms. The number of hydrogen-bond acceptors (Lipinski definition) is 10. The lowest BCUT2D eigenvalue weighted by atomic mass is 9.95. The van der Waals surface area contributed by atoms with Gasteiger partial charge in [0.2, 0.25) is 0 Å². The molecule has 4 aromatic rings. The highest BCUT2D eigenvalue weighted by molar-refractivity contribution is 7.23. The first kappa shape index (κ1) is 29.8. The van der Waals surface area contributed by atoms with Crippen LogP contribution in [0.5, 0.6) is 11.8 Å². The first-order valence-electron chi connectivity index (χ1n) is 15.3. The van der Waals surface area contributed by atoms with Gasteiger partial charge in [0, 0.05) is 37.6 Å². The number of piperidine rings is 1. The molecule has 2 aromatic carbocycles. The lowest BCUT2D eigenvalue weighted by Gasteiger charge is -2.38. The van der Waals surface area contributed by atoms with Crippen molar-refractivity contribution in [2.45, 2.75) is 56.0 Å². The number of nitrogens with zero attached hydrogens (tertiary/aromatic N) is 5. The van der Waals surface area contributed by atoms with E-state index in [2.05, 4.69) is 9.88 Å². The van der Waals surface area contributed by atoms with Gasteiger partial charge in [-0.3, -0.25) is 4.90 Å². The normalized spacial score (nSPS) is 25.7. The second kappa shape index (κ2) is 11.0. The van der Waals surface area contributed by atoms with Crippen molar-refractivity contribution in [3.05, 3.63) is 34.4 Å². The highest BCUT2D eigenvalue weighted by Gasteiger charge is 2.49. The molecule has 0 saturated carbocycles. The summed E-state index contributed by atoms with van der Waals surface area (Å²) in [6, 6.07) is 4.46. The van der Waals surface area contributed by atoms with Crippen molar-refractivity contribution in [2.75, 3.05) is 50.6 Å². The fourth-order valence-electron chi connectivity index (χ4n) is 7.83. The van der Waals surface area contributed by atoms with Crippen molar-refractivity contribution in [1.82, 2.24) is 14.9 Å². The van der Waals surface area contributed by atoms with Crippen molar-refractivity contribution < 1.29 is 27.4 Å². The van der Waals surface area contributed by atoms with Gasteiger partial charge in [0.25, 0.3) is 0 Å². The molecule has 2 N–H and O–H groups in total. The summed E-state index contributed by atoms with van der Waals surface area (Å²) < 4.78 is 65.0. The number of thiophene rings is 1. The van der Waals surface area contributed by atoms with Crippen LogP contribution in [0, 0.1) is 23.0 Å². The maximum atomic E-state index is 17.1. The van der Waals surface area contributed by atoms with Crippen molar-refractivity contribution in [3.63, 3.8) is 0 Å². The molecule has 4 aliphatic rings. The number of aromatic nitrogens is 2. The number of alkyl halides is 1. The Morgan fingerprint density at radius 3 is 2.89 bits per heavy atom. The molecule has 0 amide bonds. The van der Waals surface area contributed by atoms with Gasteiger partial charge in [-0.15, -0.1) is 11.3 Å². The second-order valence-corrected chi connectivity index (χ2v) is 14.0. The predicted molar refractivity (Wildman–Crippen MR) is 170 cm³/mol. The Kier molecular flexibility index (Phi) is 7.13. The molecule has 3 saturated heterocycles. The third kappa shape index (κ3) is 4.41. The quantitative estimate of drug-likeness (QED) is 0.264. The fourth-order valence-corrected chi connectivity index (χ4v) is 9.12. The molecular weight excluding hydrogens is 641 g/mol. The lowest BCUT2D eigenvalue weighted by molar-refractivity contribution is 0.0764. The number of nitrogen functional groups attached to an aromatic ring is 1. The maximum absolute atomic E-state index is 17.1. The average molecular weight is 671 g/mol. The summed E-state index contributed by atoms with van der Waals surface area (Å²) >= 11 is 7.94. The van der Waals surface area contributed by atoms with Crippen LogP contribution in [0.25, 0.3) is 32.1 Å². The topological polar surface area (TPSA) is 110 Å². The molecular formula is C32H30ClF3N6O3S. The van der Waals surface area contributed by atoms with E-state index in [1.807, 2.05) is 11.0 Å². The number of rotatable bonds is 5. The molecule has 8 rings (SSSR count). The number of fused-ring (bicyclic) bond motifs is 4. The second-order valence-electron chi connectivity index (χ2n) is 12.6. The highest BCUT2D eigenvalue weighted by Crippen LogP contribution is 2.51. The Hall–Kier alpha value is -3.57. The predicted octanol–water partition coefficient (Wildman–Crippen LogP) is 6.23. The van der Waals surface area contributed by atoms with E-state index >= 15 is 4.39 Å². The number of nitriles is 1. The Bertz CT molecular complexity index is 1950. The monoisotopic (exact) mass is 670 g/mol. The van der Waals surface area contributed by atoms with Gasteiger partial charge in [-0.05, 0) is 43.9 Å². The van der Waals surface area contributed by atoms with E-state index < -0.39 is 23.3 Å². The summed E-state index contributed by atoms with van der Waals surface area (Å²) in [7, 11) is 1.66. The minimum absolute atomic E-state index is 0.0371. The summed E-state index contributed by atoms with van der Waals surface area (Å²) in [5, 5.41) is 10.4. The number of hydrogen-bond donors (Lipinski definition) is 1. The standard InChI is InChI=1S/C32H30ClF3N6O3S/c1-43-17-4-3-16-13-44-27-23-26(25(36)22(24(27)33)18-5-6-20(35)28-21(18)19(10-37)29(38)46-28)39-31(40-30(23)42(16)12-17)45-14-32-7-2-8-41(32)11-15(34)9-32/h5-6,15-17H,2-4,7-9,11-14,38H2,1H3/t15-,16?,17?,32?/m1/s1. The zero-order valence-electron chi connectivity index (χ0n) is 24.9. The fraction of sp³-hybridized carbons (Fsp3) is 0.469. The Morgan fingerprint density at radius 1 is 1.24 bits per heavy atom. The zero-order valence-corrected chi connectivity index (χ0v) is 26.5. The highest BCUT2D eigenvalue weighted by atomic mass is 35.5. The van der Waals surface area contributed by atoms with Crippen LogP contribution >= 0.6 is 22.9 Å². The zero-order chi connectivity index (χ0) is 31.9. The number of ether oxygens (including phenoxy) is 3. The molecule has 9 nitrogen and oxygen atoms in total. The van der Waals surface area contributed by atoms with Gasteiger partial charge >= 0.3 is 6.01 Å². The molecule has 0 aliphatic carbocycles. The molecule has 4 atom stereocenters. The van der Waals surface area contributed by atoms with Crippen molar-refractivity contribution in [3.8, 4) is 29.0 Å². The first-order chi connectivity index (χ1) is 22.2. The first-order valence-corrected chi connectivity index (χ1v) is 16.5. The van der Waals surface area contributed by atoms with Gasteiger partial charge < -0.3 is 24.8 Å².